The molecule has 1 aliphatic heterocycles. The summed E-state index contributed by atoms with van der Waals surface area (Å²) in [4.78, 5) is 0. The first-order chi connectivity index (χ1) is 11.7. The van der Waals surface area contributed by atoms with E-state index in [1.165, 1.54) is 0 Å². The molecule has 0 bridgehead atoms. The van der Waals surface area contributed by atoms with E-state index in [0.717, 1.165) is 33.2 Å². The van der Waals surface area contributed by atoms with E-state index in [-0.39, 0.29) is 0 Å². The maximum Gasteiger partial charge on any atom is 0.230 e. The summed E-state index contributed by atoms with van der Waals surface area (Å²) in [6, 6.07) is 23.6. The van der Waals surface area contributed by atoms with Gasteiger partial charge in [-0.1, -0.05) is 36.4 Å². The molecule has 3 aromatic rings. The van der Waals surface area contributed by atoms with E-state index in [1.807, 2.05) is 84.5 Å². The average molecular weight is 335 g/mol. The van der Waals surface area contributed by atoms with Crippen LogP contribution in [0.1, 0.15) is 0 Å². The van der Waals surface area contributed by atoms with Crippen LogP contribution >= 0.6 is 7.29 Å². The number of nitrogens with zero attached hydrogens (tertiary/aromatic N) is 1. The smallest absolute Gasteiger partial charge is 0.230 e. The lowest BCUT2D eigenvalue weighted by Crippen LogP contribution is -2.33. The third-order valence-corrected chi connectivity index (χ3v) is 7.70. The minimum atomic E-state index is -2.91. The topological polar surface area (TPSA) is 29.5 Å². The van der Waals surface area contributed by atoms with Crippen molar-refractivity contribution >= 4 is 23.6 Å². The van der Waals surface area contributed by atoms with E-state index in [9.17, 15) is 4.57 Å². The number of benzene rings is 3. The van der Waals surface area contributed by atoms with Crippen molar-refractivity contribution in [3.05, 3.63) is 72.8 Å². The quantitative estimate of drug-likeness (QED) is 0.662. The summed E-state index contributed by atoms with van der Waals surface area (Å²) >= 11 is 0. The monoisotopic (exact) mass is 335 g/mol. The summed E-state index contributed by atoms with van der Waals surface area (Å²) in [6.45, 7) is 0. The maximum absolute atomic E-state index is 14.2. The zero-order chi connectivity index (χ0) is 16.7. The Bertz CT molecular complexity index is 953. The fraction of sp³-hybridized carbons (Fsp3) is 0.100. The van der Waals surface area contributed by atoms with Crippen molar-refractivity contribution in [1.82, 2.24) is 0 Å². The molecule has 0 amide bonds. The highest BCUT2D eigenvalue weighted by Crippen LogP contribution is 2.56. The Balaban J connectivity index is 2.05. The Labute approximate surface area is 141 Å². The Hall–Kier alpha value is -2.51. The third kappa shape index (κ3) is 2.02. The second-order valence-electron chi connectivity index (χ2n) is 5.84. The van der Waals surface area contributed by atoms with Crippen LogP contribution in [0.15, 0.2) is 72.8 Å². The molecule has 0 spiro atoms. The largest absolute Gasteiger partial charge is 0.497 e. The van der Waals surface area contributed by atoms with Gasteiger partial charge in [-0.2, -0.15) is 0 Å². The molecule has 0 saturated heterocycles. The molecule has 4 rings (SSSR count). The Morgan fingerprint density at radius 2 is 1.58 bits per heavy atom. The van der Waals surface area contributed by atoms with Gasteiger partial charge in [0.15, 0.2) is 0 Å². The van der Waals surface area contributed by atoms with Gasteiger partial charge in [0, 0.05) is 23.2 Å². The van der Waals surface area contributed by atoms with Gasteiger partial charge in [0.25, 0.3) is 0 Å². The number of ether oxygens (including phenoxy) is 1. The predicted molar refractivity (Wildman–Crippen MR) is 100 cm³/mol. The minimum Gasteiger partial charge on any atom is -0.497 e. The second-order valence-corrected chi connectivity index (χ2v) is 8.59. The third-order valence-electron chi connectivity index (χ3n) is 4.60. The summed E-state index contributed by atoms with van der Waals surface area (Å²) < 4.78 is 21.5. The number of rotatable bonds is 2. The van der Waals surface area contributed by atoms with Crippen LogP contribution in [-0.4, -0.2) is 14.2 Å². The highest BCUT2D eigenvalue weighted by Gasteiger charge is 2.39. The van der Waals surface area contributed by atoms with Crippen LogP contribution in [0.4, 0.5) is 5.69 Å². The van der Waals surface area contributed by atoms with Crippen LogP contribution in [0, 0.1) is 0 Å². The van der Waals surface area contributed by atoms with Gasteiger partial charge in [0.1, 0.15) is 5.75 Å². The van der Waals surface area contributed by atoms with Crippen LogP contribution in [0.3, 0.4) is 0 Å². The van der Waals surface area contributed by atoms with Crippen molar-refractivity contribution in [2.24, 2.45) is 0 Å². The van der Waals surface area contributed by atoms with Gasteiger partial charge in [-0.05, 0) is 42.0 Å². The molecular formula is C20H18NO2P. The predicted octanol–water partition coefficient (Wildman–Crippen LogP) is 4.04. The summed E-state index contributed by atoms with van der Waals surface area (Å²) in [7, 11) is 0.663. The zero-order valence-corrected chi connectivity index (χ0v) is 14.5. The molecule has 0 aliphatic carbocycles. The highest BCUT2D eigenvalue weighted by molar-refractivity contribution is 7.80. The van der Waals surface area contributed by atoms with Crippen molar-refractivity contribution in [1.29, 1.82) is 0 Å². The standard InChI is InChI=1S/C20H18NO2P/c1-21-19-13-12-15(23-2)14-18(19)17-10-6-7-11-20(17)24(21,22)16-8-4-3-5-9-16/h3-14H,1-2H3/t24-/m1/s1. The lowest BCUT2D eigenvalue weighted by atomic mass is 10.0. The van der Waals surface area contributed by atoms with E-state index in [4.69, 9.17) is 4.74 Å². The molecule has 1 atom stereocenters. The highest BCUT2D eigenvalue weighted by atomic mass is 31.2. The van der Waals surface area contributed by atoms with E-state index >= 15 is 0 Å². The van der Waals surface area contributed by atoms with Crippen LogP contribution in [0.5, 0.6) is 5.75 Å². The van der Waals surface area contributed by atoms with Crippen molar-refractivity contribution in [2.45, 2.75) is 0 Å². The van der Waals surface area contributed by atoms with Crippen molar-refractivity contribution in [3.63, 3.8) is 0 Å². The molecule has 4 heteroatoms. The molecule has 0 radical (unpaired) electrons. The van der Waals surface area contributed by atoms with Crippen LogP contribution in [0.25, 0.3) is 11.1 Å². The average Bonchev–Trinajstić information content (AvgIpc) is 2.66. The molecule has 0 saturated carbocycles. The fourth-order valence-corrected chi connectivity index (χ4v) is 6.17. The number of methoxy groups -OCH3 is 1. The summed E-state index contributed by atoms with van der Waals surface area (Å²) in [5.74, 6) is 0.799. The number of hydrogen-bond acceptors (Lipinski definition) is 2. The molecular weight excluding hydrogens is 317 g/mol. The molecule has 0 unspecified atom stereocenters. The SMILES string of the molecule is COc1ccc2c(c1)-c1ccccc1[P@](=O)(c1ccccc1)N2C. The number of fused-ring (bicyclic) bond motifs is 3. The molecule has 3 aromatic carbocycles. The number of anilines is 1. The van der Waals surface area contributed by atoms with Crippen LogP contribution in [0.2, 0.25) is 0 Å². The summed E-state index contributed by atoms with van der Waals surface area (Å²) in [5, 5.41) is 1.72. The Kier molecular flexibility index (Phi) is 3.47. The normalized spacial score (nSPS) is 18.7. The Morgan fingerprint density at radius 1 is 0.875 bits per heavy atom. The zero-order valence-electron chi connectivity index (χ0n) is 13.6. The molecule has 1 heterocycles. The molecule has 1 aliphatic rings. The Morgan fingerprint density at radius 3 is 2.33 bits per heavy atom. The van der Waals surface area contributed by atoms with Crippen LogP contribution < -0.4 is 20.0 Å². The van der Waals surface area contributed by atoms with E-state index in [2.05, 4.69) is 0 Å². The van der Waals surface area contributed by atoms with Gasteiger partial charge in [0.05, 0.1) is 12.8 Å². The molecule has 3 nitrogen and oxygen atoms in total. The first kappa shape index (κ1) is 15.0. The van der Waals surface area contributed by atoms with Crippen LogP contribution in [-0.2, 0) is 4.57 Å². The molecule has 24 heavy (non-hydrogen) atoms. The van der Waals surface area contributed by atoms with Gasteiger partial charge in [-0.15, -0.1) is 0 Å². The first-order valence-corrected chi connectivity index (χ1v) is 9.50. The molecule has 120 valence electrons. The van der Waals surface area contributed by atoms with Crippen molar-refractivity contribution in [3.8, 4) is 16.9 Å². The molecule has 0 N–H and O–H groups in total. The van der Waals surface area contributed by atoms with E-state index < -0.39 is 7.29 Å². The van der Waals surface area contributed by atoms with Crippen molar-refractivity contribution < 1.29 is 9.30 Å². The number of hydrogen-bond donors (Lipinski definition) is 0. The molecule has 0 aromatic heterocycles. The second kappa shape index (κ2) is 5.54. The van der Waals surface area contributed by atoms with Gasteiger partial charge in [0.2, 0.25) is 7.29 Å². The first-order valence-electron chi connectivity index (χ1n) is 7.84. The van der Waals surface area contributed by atoms with Gasteiger partial charge >= 0.3 is 0 Å². The van der Waals surface area contributed by atoms with E-state index in [0.29, 0.717) is 0 Å². The lowest BCUT2D eigenvalue weighted by molar-refractivity contribution is 0.415. The minimum absolute atomic E-state index is 0.799. The van der Waals surface area contributed by atoms with Gasteiger partial charge < -0.3 is 9.41 Å². The van der Waals surface area contributed by atoms with Gasteiger partial charge in [-0.25, -0.2) is 0 Å². The van der Waals surface area contributed by atoms with Crippen molar-refractivity contribution in [2.75, 3.05) is 18.8 Å². The molecule has 0 fully saturated rings. The fourth-order valence-electron chi connectivity index (χ4n) is 3.36. The maximum atomic E-state index is 14.2. The summed E-state index contributed by atoms with van der Waals surface area (Å²) in [6.07, 6.45) is 0. The van der Waals surface area contributed by atoms with Gasteiger partial charge in [-0.3, -0.25) is 4.57 Å². The lowest BCUT2D eigenvalue weighted by Gasteiger charge is -2.37. The summed E-state index contributed by atoms with van der Waals surface area (Å²) in [5.41, 5.74) is 3.02. The van der Waals surface area contributed by atoms with E-state index in [1.54, 1.807) is 7.11 Å².